The van der Waals surface area contributed by atoms with Gasteiger partial charge in [-0.3, -0.25) is 0 Å². The molecular weight excluding hydrogens is 258 g/mol. The highest BCUT2D eigenvalue weighted by Gasteiger charge is 2.19. The number of nitrogens with zero attached hydrogens (tertiary/aromatic N) is 2. The lowest BCUT2D eigenvalue weighted by Crippen LogP contribution is -2.10. The van der Waals surface area contributed by atoms with Crippen LogP contribution in [0.3, 0.4) is 0 Å². The second-order valence-corrected chi connectivity index (χ2v) is 5.62. The van der Waals surface area contributed by atoms with Gasteiger partial charge in [-0.1, -0.05) is 30.3 Å². The summed E-state index contributed by atoms with van der Waals surface area (Å²) in [5, 5.41) is 0. The molecule has 0 spiro atoms. The average Bonchev–Trinajstić information content (AvgIpc) is 2.92. The highest BCUT2D eigenvalue weighted by Crippen LogP contribution is 2.33. The zero-order chi connectivity index (χ0) is 14.4. The SMILES string of the molecule is Cc1ccccc1-c1cn2c(n1)-c1cc(N)ccc1CC2. The van der Waals surface area contributed by atoms with E-state index < -0.39 is 0 Å². The van der Waals surface area contributed by atoms with E-state index in [-0.39, 0.29) is 0 Å². The molecule has 0 unspecified atom stereocenters. The Labute approximate surface area is 124 Å². The van der Waals surface area contributed by atoms with Crippen molar-refractivity contribution in [1.82, 2.24) is 9.55 Å². The first kappa shape index (κ1) is 12.2. The first-order valence-electron chi connectivity index (χ1n) is 7.24. The van der Waals surface area contributed by atoms with Gasteiger partial charge in [-0.05, 0) is 36.6 Å². The van der Waals surface area contributed by atoms with E-state index in [0.29, 0.717) is 0 Å². The number of nitrogens with two attached hydrogens (primary N) is 1. The minimum atomic E-state index is 0.794. The summed E-state index contributed by atoms with van der Waals surface area (Å²) in [5.41, 5.74) is 12.7. The van der Waals surface area contributed by atoms with Crippen molar-refractivity contribution in [2.75, 3.05) is 5.73 Å². The number of imidazole rings is 1. The third-order valence-electron chi connectivity index (χ3n) is 4.19. The maximum atomic E-state index is 5.94. The number of aromatic nitrogens is 2. The summed E-state index contributed by atoms with van der Waals surface area (Å²) in [6, 6.07) is 14.5. The molecule has 0 aliphatic carbocycles. The van der Waals surface area contributed by atoms with Crippen LogP contribution in [0, 0.1) is 6.92 Å². The number of nitrogen functional groups attached to an aromatic ring is 1. The van der Waals surface area contributed by atoms with Crippen molar-refractivity contribution in [1.29, 1.82) is 0 Å². The number of rotatable bonds is 1. The van der Waals surface area contributed by atoms with Crippen LogP contribution in [0.1, 0.15) is 11.1 Å². The number of benzene rings is 2. The Balaban J connectivity index is 1.89. The van der Waals surface area contributed by atoms with Crippen LogP contribution in [0.2, 0.25) is 0 Å². The molecule has 2 heterocycles. The van der Waals surface area contributed by atoms with Gasteiger partial charge in [0.05, 0.1) is 5.69 Å². The van der Waals surface area contributed by atoms with Gasteiger partial charge in [-0.25, -0.2) is 4.98 Å². The van der Waals surface area contributed by atoms with Gasteiger partial charge in [0.2, 0.25) is 0 Å². The van der Waals surface area contributed by atoms with Crippen LogP contribution in [-0.2, 0) is 13.0 Å². The first-order chi connectivity index (χ1) is 10.2. The fourth-order valence-corrected chi connectivity index (χ4v) is 3.05. The van der Waals surface area contributed by atoms with E-state index in [1.807, 2.05) is 12.1 Å². The Morgan fingerprint density at radius 3 is 2.81 bits per heavy atom. The third-order valence-corrected chi connectivity index (χ3v) is 4.19. The van der Waals surface area contributed by atoms with Crippen molar-refractivity contribution in [3.05, 3.63) is 59.8 Å². The fourth-order valence-electron chi connectivity index (χ4n) is 3.05. The molecule has 0 saturated heterocycles. The third kappa shape index (κ3) is 1.93. The van der Waals surface area contributed by atoms with E-state index in [4.69, 9.17) is 10.7 Å². The average molecular weight is 275 g/mol. The Bertz CT molecular complexity index is 830. The van der Waals surface area contributed by atoms with Gasteiger partial charge in [-0.2, -0.15) is 0 Å². The van der Waals surface area contributed by atoms with Gasteiger partial charge < -0.3 is 10.3 Å². The van der Waals surface area contributed by atoms with E-state index in [1.165, 1.54) is 22.3 Å². The highest BCUT2D eigenvalue weighted by molar-refractivity contribution is 5.72. The predicted octanol–water partition coefficient (Wildman–Crippen LogP) is 3.66. The largest absolute Gasteiger partial charge is 0.399 e. The summed E-state index contributed by atoms with van der Waals surface area (Å²) in [4.78, 5) is 4.87. The molecule has 0 radical (unpaired) electrons. The number of hydrogen-bond donors (Lipinski definition) is 1. The van der Waals surface area contributed by atoms with Gasteiger partial charge in [-0.15, -0.1) is 0 Å². The van der Waals surface area contributed by atoms with Crippen molar-refractivity contribution in [2.24, 2.45) is 0 Å². The molecule has 1 aliphatic rings. The van der Waals surface area contributed by atoms with Crippen LogP contribution in [-0.4, -0.2) is 9.55 Å². The normalized spacial score (nSPS) is 12.8. The van der Waals surface area contributed by atoms with Crippen molar-refractivity contribution in [3.8, 4) is 22.6 Å². The lowest BCUT2D eigenvalue weighted by molar-refractivity contribution is 0.684. The second-order valence-electron chi connectivity index (χ2n) is 5.62. The maximum Gasteiger partial charge on any atom is 0.141 e. The zero-order valence-corrected chi connectivity index (χ0v) is 12.0. The Morgan fingerprint density at radius 1 is 1.10 bits per heavy atom. The number of fused-ring (bicyclic) bond motifs is 3. The maximum absolute atomic E-state index is 5.94. The first-order valence-corrected chi connectivity index (χ1v) is 7.24. The molecule has 3 nitrogen and oxygen atoms in total. The van der Waals surface area contributed by atoms with E-state index >= 15 is 0 Å². The molecule has 2 N–H and O–H groups in total. The second kappa shape index (κ2) is 4.48. The van der Waals surface area contributed by atoms with Gasteiger partial charge in [0.25, 0.3) is 0 Å². The van der Waals surface area contributed by atoms with Crippen LogP contribution in [0.5, 0.6) is 0 Å². The van der Waals surface area contributed by atoms with E-state index in [2.05, 4.69) is 48.0 Å². The molecule has 1 aliphatic heterocycles. The topological polar surface area (TPSA) is 43.8 Å². The number of aryl methyl sites for hydroxylation is 3. The molecule has 3 heteroatoms. The molecule has 21 heavy (non-hydrogen) atoms. The van der Waals surface area contributed by atoms with Crippen LogP contribution in [0.15, 0.2) is 48.7 Å². The molecular formula is C18H17N3. The fraction of sp³-hybridized carbons (Fsp3) is 0.167. The lowest BCUT2D eigenvalue weighted by atomic mass is 10.0. The van der Waals surface area contributed by atoms with Crippen molar-refractivity contribution in [2.45, 2.75) is 19.9 Å². The number of hydrogen-bond acceptors (Lipinski definition) is 2. The van der Waals surface area contributed by atoms with Crippen molar-refractivity contribution in [3.63, 3.8) is 0 Å². The Morgan fingerprint density at radius 2 is 1.95 bits per heavy atom. The Kier molecular flexibility index (Phi) is 2.61. The van der Waals surface area contributed by atoms with Crippen LogP contribution in [0.4, 0.5) is 5.69 Å². The van der Waals surface area contributed by atoms with Gasteiger partial charge in [0, 0.05) is 29.6 Å². The molecule has 0 atom stereocenters. The van der Waals surface area contributed by atoms with Gasteiger partial charge in [0.1, 0.15) is 5.82 Å². The summed E-state index contributed by atoms with van der Waals surface area (Å²) in [7, 11) is 0. The smallest absolute Gasteiger partial charge is 0.141 e. The lowest BCUT2D eigenvalue weighted by Gasteiger charge is -2.17. The minimum absolute atomic E-state index is 0.794. The molecule has 0 bridgehead atoms. The van der Waals surface area contributed by atoms with E-state index in [1.54, 1.807) is 0 Å². The Hall–Kier alpha value is -2.55. The quantitative estimate of drug-likeness (QED) is 0.689. The van der Waals surface area contributed by atoms with E-state index in [9.17, 15) is 0 Å². The van der Waals surface area contributed by atoms with Crippen molar-refractivity contribution < 1.29 is 0 Å². The molecule has 0 fully saturated rings. The van der Waals surface area contributed by atoms with Crippen molar-refractivity contribution >= 4 is 5.69 Å². The monoisotopic (exact) mass is 275 g/mol. The molecule has 0 amide bonds. The van der Waals surface area contributed by atoms with E-state index in [0.717, 1.165) is 30.2 Å². The summed E-state index contributed by atoms with van der Waals surface area (Å²) in [6.07, 6.45) is 3.19. The van der Waals surface area contributed by atoms with Gasteiger partial charge >= 0.3 is 0 Å². The molecule has 3 aromatic rings. The van der Waals surface area contributed by atoms with Crippen LogP contribution < -0.4 is 5.73 Å². The summed E-state index contributed by atoms with van der Waals surface area (Å²) in [6.45, 7) is 3.10. The summed E-state index contributed by atoms with van der Waals surface area (Å²) in [5.74, 6) is 1.03. The minimum Gasteiger partial charge on any atom is -0.399 e. The summed E-state index contributed by atoms with van der Waals surface area (Å²) < 4.78 is 2.24. The van der Waals surface area contributed by atoms with Crippen LogP contribution in [0.25, 0.3) is 22.6 Å². The predicted molar refractivity (Wildman–Crippen MR) is 86.0 cm³/mol. The summed E-state index contributed by atoms with van der Waals surface area (Å²) >= 11 is 0. The molecule has 0 saturated carbocycles. The van der Waals surface area contributed by atoms with Crippen LogP contribution >= 0.6 is 0 Å². The molecule has 104 valence electrons. The highest BCUT2D eigenvalue weighted by atomic mass is 15.1. The molecule has 4 rings (SSSR count). The molecule has 1 aromatic heterocycles. The molecule has 2 aromatic carbocycles. The number of anilines is 1. The zero-order valence-electron chi connectivity index (χ0n) is 12.0. The standard InChI is InChI=1S/C18H17N3/c1-12-4-2-3-5-15(12)17-11-21-9-8-13-6-7-14(19)10-16(13)18(21)20-17/h2-7,10-11H,8-9,19H2,1H3. The van der Waals surface area contributed by atoms with Gasteiger partial charge in [0.15, 0.2) is 0 Å².